The molecule has 2 heteroatoms. The maximum Gasteiger partial charge on any atom is 0.0236 e. The van der Waals surface area contributed by atoms with E-state index >= 15 is 0 Å². The Labute approximate surface area is 86.7 Å². The lowest BCUT2D eigenvalue weighted by Crippen LogP contribution is -2.26. The van der Waals surface area contributed by atoms with E-state index in [4.69, 9.17) is 5.73 Å². The Hall–Kier alpha value is -0.860. The van der Waals surface area contributed by atoms with Gasteiger partial charge in [0, 0.05) is 19.1 Å². The van der Waals surface area contributed by atoms with E-state index in [-0.39, 0.29) is 0 Å². The zero-order valence-corrected chi connectivity index (χ0v) is 9.33. The Balaban J connectivity index is 2.75. The first kappa shape index (κ1) is 11.2. The molecule has 0 aliphatic carbocycles. The van der Waals surface area contributed by atoms with E-state index in [1.165, 1.54) is 11.1 Å². The van der Waals surface area contributed by atoms with Crippen LogP contribution in [0, 0.1) is 0 Å². The fraction of sp³-hybridized carbons (Fsp3) is 0.500. The molecule has 0 aromatic heterocycles. The molecule has 0 saturated carbocycles. The van der Waals surface area contributed by atoms with Crippen molar-refractivity contribution in [2.45, 2.75) is 33.0 Å². The van der Waals surface area contributed by atoms with Gasteiger partial charge in [0.15, 0.2) is 0 Å². The average Bonchev–Trinajstić information content (AvgIpc) is 2.18. The minimum Gasteiger partial charge on any atom is -0.326 e. The van der Waals surface area contributed by atoms with Crippen LogP contribution in [0.4, 0.5) is 0 Å². The van der Waals surface area contributed by atoms with Gasteiger partial charge in [-0.2, -0.15) is 0 Å². The monoisotopic (exact) mass is 192 g/mol. The molecule has 0 aliphatic heterocycles. The van der Waals surface area contributed by atoms with Crippen LogP contribution < -0.4 is 5.73 Å². The van der Waals surface area contributed by atoms with E-state index in [2.05, 4.69) is 44.0 Å². The summed E-state index contributed by atoms with van der Waals surface area (Å²) in [4.78, 5) is 2.31. The second-order valence-corrected chi connectivity index (χ2v) is 3.98. The van der Waals surface area contributed by atoms with Crippen molar-refractivity contribution in [2.24, 2.45) is 5.73 Å². The lowest BCUT2D eigenvalue weighted by molar-refractivity contribution is 0.265. The number of hydrogen-bond donors (Lipinski definition) is 1. The molecule has 0 bridgehead atoms. The first-order valence-electron chi connectivity index (χ1n) is 5.12. The highest BCUT2D eigenvalue weighted by atomic mass is 15.1. The van der Waals surface area contributed by atoms with Crippen molar-refractivity contribution < 1.29 is 0 Å². The third-order valence-electron chi connectivity index (χ3n) is 2.64. The molecular formula is C12H20N2. The smallest absolute Gasteiger partial charge is 0.0236 e. The summed E-state index contributed by atoms with van der Waals surface area (Å²) in [6, 6.07) is 8.94. The van der Waals surface area contributed by atoms with Crippen molar-refractivity contribution in [3.63, 3.8) is 0 Å². The van der Waals surface area contributed by atoms with Crippen molar-refractivity contribution >= 4 is 0 Å². The molecule has 0 fully saturated rings. The highest BCUT2D eigenvalue weighted by Gasteiger charge is 2.06. The Kier molecular flexibility index (Phi) is 4.11. The van der Waals surface area contributed by atoms with Crippen molar-refractivity contribution in [3.8, 4) is 0 Å². The lowest BCUT2D eigenvalue weighted by atomic mass is 10.1. The molecule has 2 N–H and O–H groups in total. The zero-order chi connectivity index (χ0) is 10.6. The van der Waals surface area contributed by atoms with Crippen LogP contribution in [0.5, 0.6) is 0 Å². The van der Waals surface area contributed by atoms with Crippen LogP contribution in [-0.4, -0.2) is 18.0 Å². The molecule has 0 heterocycles. The van der Waals surface area contributed by atoms with Crippen LogP contribution in [0.2, 0.25) is 0 Å². The van der Waals surface area contributed by atoms with Gasteiger partial charge in [0.05, 0.1) is 0 Å². The maximum absolute atomic E-state index is 5.68. The van der Waals surface area contributed by atoms with Gasteiger partial charge in [-0.15, -0.1) is 0 Å². The highest BCUT2D eigenvalue weighted by Crippen LogP contribution is 2.11. The van der Waals surface area contributed by atoms with Crippen LogP contribution in [-0.2, 0) is 13.1 Å². The molecule has 0 radical (unpaired) electrons. The van der Waals surface area contributed by atoms with Crippen LogP contribution in [0.15, 0.2) is 24.3 Å². The summed E-state index contributed by atoms with van der Waals surface area (Å²) < 4.78 is 0. The summed E-state index contributed by atoms with van der Waals surface area (Å²) in [5.74, 6) is 0. The van der Waals surface area contributed by atoms with Crippen molar-refractivity contribution in [1.82, 2.24) is 4.90 Å². The van der Waals surface area contributed by atoms with Crippen LogP contribution >= 0.6 is 0 Å². The predicted molar refractivity (Wildman–Crippen MR) is 60.9 cm³/mol. The number of benzene rings is 1. The quantitative estimate of drug-likeness (QED) is 0.790. The molecule has 0 aliphatic rings. The van der Waals surface area contributed by atoms with Crippen molar-refractivity contribution in [1.29, 1.82) is 0 Å². The van der Waals surface area contributed by atoms with Crippen molar-refractivity contribution in [3.05, 3.63) is 35.4 Å². The highest BCUT2D eigenvalue weighted by molar-refractivity contribution is 5.26. The normalized spacial score (nSPS) is 11.3. The van der Waals surface area contributed by atoms with E-state index in [9.17, 15) is 0 Å². The lowest BCUT2D eigenvalue weighted by Gasteiger charge is -2.22. The first-order valence-corrected chi connectivity index (χ1v) is 5.12. The second kappa shape index (κ2) is 5.13. The summed E-state index contributed by atoms with van der Waals surface area (Å²) in [5, 5.41) is 0. The SMILES string of the molecule is CC(C)N(C)Cc1ccccc1CN. The van der Waals surface area contributed by atoms with Crippen LogP contribution in [0.1, 0.15) is 25.0 Å². The van der Waals surface area contributed by atoms with Gasteiger partial charge in [0.2, 0.25) is 0 Å². The first-order chi connectivity index (χ1) is 6.65. The summed E-state index contributed by atoms with van der Waals surface area (Å²) in [5.41, 5.74) is 8.27. The number of nitrogens with two attached hydrogens (primary N) is 1. The van der Waals surface area contributed by atoms with E-state index in [0.717, 1.165) is 6.54 Å². The van der Waals surface area contributed by atoms with Gasteiger partial charge in [-0.3, -0.25) is 4.90 Å². The molecule has 0 spiro atoms. The maximum atomic E-state index is 5.68. The number of hydrogen-bond acceptors (Lipinski definition) is 2. The minimum atomic E-state index is 0.570. The Morgan fingerprint density at radius 2 is 1.79 bits per heavy atom. The number of nitrogens with zero attached hydrogens (tertiary/aromatic N) is 1. The summed E-state index contributed by atoms with van der Waals surface area (Å²) in [6.45, 7) is 6.00. The molecule has 1 aromatic rings. The zero-order valence-electron chi connectivity index (χ0n) is 9.33. The summed E-state index contributed by atoms with van der Waals surface area (Å²) >= 11 is 0. The fourth-order valence-electron chi connectivity index (χ4n) is 1.36. The third-order valence-corrected chi connectivity index (χ3v) is 2.64. The van der Waals surface area contributed by atoms with E-state index < -0.39 is 0 Å². The standard InChI is InChI=1S/C12H20N2/c1-10(2)14(3)9-12-7-5-4-6-11(12)8-13/h4-7,10H,8-9,13H2,1-3H3. The fourth-order valence-corrected chi connectivity index (χ4v) is 1.36. The van der Waals surface area contributed by atoms with Gasteiger partial charge in [-0.1, -0.05) is 24.3 Å². The molecule has 0 unspecified atom stereocenters. The molecule has 2 nitrogen and oxygen atoms in total. The molecule has 0 saturated heterocycles. The Morgan fingerprint density at radius 3 is 2.29 bits per heavy atom. The van der Waals surface area contributed by atoms with E-state index in [1.54, 1.807) is 0 Å². The molecule has 0 atom stereocenters. The molecule has 0 amide bonds. The topological polar surface area (TPSA) is 29.3 Å². The van der Waals surface area contributed by atoms with Gasteiger partial charge in [-0.25, -0.2) is 0 Å². The van der Waals surface area contributed by atoms with Crippen LogP contribution in [0.25, 0.3) is 0 Å². The largest absolute Gasteiger partial charge is 0.326 e. The molecule has 1 rings (SSSR count). The number of rotatable bonds is 4. The van der Waals surface area contributed by atoms with E-state index in [0.29, 0.717) is 12.6 Å². The van der Waals surface area contributed by atoms with Crippen molar-refractivity contribution in [2.75, 3.05) is 7.05 Å². The third kappa shape index (κ3) is 2.82. The van der Waals surface area contributed by atoms with Gasteiger partial charge >= 0.3 is 0 Å². The van der Waals surface area contributed by atoms with Crippen LogP contribution in [0.3, 0.4) is 0 Å². The van der Waals surface area contributed by atoms with Gasteiger partial charge in [0.25, 0.3) is 0 Å². The Bertz CT molecular complexity index is 281. The molecule has 14 heavy (non-hydrogen) atoms. The molecule has 1 aromatic carbocycles. The van der Waals surface area contributed by atoms with Gasteiger partial charge in [0.1, 0.15) is 0 Å². The second-order valence-electron chi connectivity index (χ2n) is 3.98. The molecular weight excluding hydrogens is 172 g/mol. The average molecular weight is 192 g/mol. The van der Waals surface area contributed by atoms with Gasteiger partial charge < -0.3 is 5.73 Å². The Morgan fingerprint density at radius 1 is 1.21 bits per heavy atom. The predicted octanol–water partition coefficient (Wildman–Crippen LogP) is 1.99. The summed E-state index contributed by atoms with van der Waals surface area (Å²) in [6.07, 6.45) is 0. The van der Waals surface area contributed by atoms with Gasteiger partial charge in [-0.05, 0) is 32.0 Å². The summed E-state index contributed by atoms with van der Waals surface area (Å²) in [7, 11) is 2.14. The minimum absolute atomic E-state index is 0.570. The van der Waals surface area contributed by atoms with E-state index in [1.807, 2.05) is 6.07 Å². The molecule has 78 valence electrons.